The van der Waals surface area contributed by atoms with E-state index in [1.807, 2.05) is 45.0 Å². The molecule has 1 aliphatic heterocycles. The number of nitrogens with two attached hydrogens (primary N) is 1. The molecular weight excluding hydrogens is 336 g/mol. The highest BCUT2D eigenvalue weighted by molar-refractivity contribution is 7.89. The molecule has 5 nitrogen and oxygen atoms in total. The molecule has 1 unspecified atom stereocenters. The molecule has 1 heterocycles. The van der Waals surface area contributed by atoms with Crippen LogP contribution in [0.15, 0.2) is 41.3 Å². The third kappa shape index (κ3) is 3.26. The van der Waals surface area contributed by atoms with Crippen LogP contribution < -0.4 is 10.5 Å². The van der Waals surface area contributed by atoms with Crippen LogP contribution in [0.1, 0.15) is 27.2 Å². The minimum absolute atomic E-state index is 0.0102. The molecule has 1 atom stereocenters. The highest BCUT2D eigenvalue weighted by atomic mass is 32.2. The molecule has 2 aromatic carbocycles. The first-order chi connectivity index (χ1) is 11.8. The lowest BCUT2D eigenvalue weighted by Gasteiger charge is -2.41. The Bertz CT molecular complexity index is 877. The number of benzene rings is 2. The first-order valence-corrected chi connectivity index (χ1v) is 10.1. The summed E-state index contributed by atoms with van der Waals surface area (Å²) in [5.74, 6) is 0.707. The molecule has 25 heavy (non-hydrogen) atoms. The van der Waals surface area contributed by atoms with Crippen molar-refractivity contribution in [2.24, 2.45) is 11.1 Å². The van der Waals surface area contributed by atoms with Gasteiger partial charge in [-0.05, 0) is 30.9 Å². The fourth-order valence-electron chi connectivity index (χ4n) is 3.42. The van der Waals surface area contributed by atoms with Gasteiger partial charge in [-0.3, -0.25) is 0 Å². The van der Waals surface area contributed by atoms with Gasteiger partial charge >= 0.3 is 0 Å². The van der Waals surface area contributed by atoms with Crippen LogP contribution >= 0.6 is 0 Å². The van der Waals surface area contributed by atoms with E-state index in [4.69, 9.17) is 10.5 Å². The van der Waals surface area contributed by atoms with Gasteiger partial charge in [0.25, 0.3) is 0 Å². The fraction of sp³-hybridized carbons (Fsp3) is 0.474. The van der Waals surface area contributed by atoms with Crippen LogP contribution in [0.2, 0.25) is 0 Å². The van der Waals surface area contributed by atoms with Gasteiger partial charge in [0, 0.05) is 29.9 Å². The topological polar surface area (TPSA) is 72.6 Å². The molecule has 1 fully saturated rings. The molecule has 0 aliphatic carbocycles. The van der Waals surface area contributed by atoms with Crippen LogP contribution in [0.4, 0.5) is 0 Å². The summed E-state index contributed by atoms with van der Waals surface area (Å²) in [6.07, 6.45) is 0.668. The van der Waals surface area contributed by atoms with E-state index in [1.54, 1.807) is 16.4 Å². The van der Waals surface area contributed by atoms with Crippen molar-refractivity contribution in [3.05, 3.63) is 36.4 Å². The summed E-state index contributed by atoms with van der Waals surface area (Å²) < 4.78 is 33.8. The first kappa shape index (κ1) is 18.2. The van der Waals surface area contributed by atoms with Crippen LogP contribution in [0, 0.1) is 5.41 Å². The van der Waals surface area contributed by atoms with Gasteiger partial charge in [0.05, 0.1) is 11.5 Å². The molecule has 0 saturated carbocycles. The summed E-state index contributed by atoms with van der Waals surface area (Å²) >= 11 is 0. The number of fused-ring (bicyclic) bond motifs is 1. The van der Waals surface area contributed by atoms with Crippen molar-refractivity contribution in [2.45, 2.75) is 38.1 Å². The van der Waals surface area contributed by atoms with Gasteiger partial charge in [0.2, 0.25) is 10.0 Å². The Balaban J connectivity index is 2.08. The fourth-order valence-corrected chi connectivity index (χ4v) is 5.24. The molecule has 136 valence electrons. The highest BCUT2D eigenvalue weighted by Gasteiger charge is 2.39. The molecule has 1 saturated heterocycles. The molecule has 0 radical (unpaired) electrons. The molecule has 2 N–H and O–H groups in total. The van der Waals surface area contributed by atoms with Crippen molar-refractivity contribution in [3.8, 4) is 5.75 Å². The average Bonchev–Trinajstić information content (AvgIpc) is 2.57. The minimum Gasteiger partial charge on any atom is -0.493 e. The van der Waals surface area contributed by atoms with E-state index in [2.05, 4.69) is 0 Å². The number of hydrogen-bond acceptors (Lipinski definition) is 4. The molecule has 2 aromatic rings. The third-order valence-corrected chi connectivity index (χ3v) is 6.94. The summed E-state index contributed by atoms with van der Waals surface area (Å²) in [5, 5.41) is 1.51. The molecule has 0 aromatic heterocycles. The van der Waals surface area contributed by atoms with Crippen molar-refractivity contribution in [1.29, 1.82) is 0 Å². The van der Waals surface area contributed by atoms with Gasteiger partial charge in [0.15, 0.2) is 0 Å². The van der Waals surface area contributed by atoms with Gasteiger partial charge < -0.3 is 10.5 Å². The molecule has 0 spiro atoms. The molecule has 1 aliphatic rings. The number of nitrogens with zero attached hydrogens (tertiary/aromatic N) is 1. The molecule has 0 amide bonds. The highest BCUT2D eigenvalue weighted by Crippen LogP contribution is 2.36. The lowest BCUT2D eigenvalue weighted by atomic mass is 9.81. The van der Waals surface area contributed by atoms with E-state index in [0.717, 1.165) is 5.39 Å². The Morgan fingerprint density at radius 1 is 1.20 bits per heavy atom. The van der Waals surface area contributed by atoms with E-state index in [1.165, 1.54) is 0 Å². The SMILES string of the molecule is CCOc1ccc(S(=O)(=O)N2CCC(N)C(C)(C)C2)c2ccccc12. The van der Waals surface area contributed by atoms with Gasteiger partial charge in [-0.1, -0.05) is 38.1 Å². The second-order valence-corrected chi connectivity index (χ2v) is 9.17. The normalized spacial score (nSPS) is 21.4. The monoisotopic (exact) mass is 362 g/mol. The van der Waals surface area contributed by atoms with Crippen molar-refractivity contribution < 1.29 is 13.2 Å². The Morgan fingerprint density at radius 2 is 1.88 bits per heavy atom. The maximum atomic E-state index is 13.3. The van der Waals surface area contributed by atoms with Gasteiger partial charge in [0.1, 0.15) is 5.75 Å². The largest absolute Gasteiger partial charge is 0.493 e. The zero-order valence-electron chi connectivity index (χ0n) is 15.0. The average molecular weight is 362 g/mol. The molecule has 0 bridgehead atoms. The zero-order valence-corrected chi connectivity index (χ0v) is 15.8. The van der Waals surface area contributed by atoms with Crippen molar-refractivity contribution in [2.75, 3.05) is 19.7 Å². The zero-order chi connectivity index (χ0) is 18.2. The number of hydrogen-bond donors (Lipinski definition) is 1. The van der Waals surface area contributed by atoms with Crippen LogP contribution in [0.5, 0.6) is 5.75 Å². The Morgan fingerprint density at radius 3 is 2.52 bits per heavy atom. The number of ether oxygens (including phenoxy) is 1. The van der Waals surface area contributed by atoms with E-state index in [0.29, 0.717) is 42.1 Å². The van der Waals surface area contributed by atoms with Crippen molar-refractivity contribution in [1.82, 2.24) is 4.31 Å². The van der Waals surface area contributed by atoms with Gasteiger partial charge in [-0.25, -0.2) is 8.42 Å². The summed E-state index contributed by atoms with van der Waals surface area (Å²) in [7, 11) is -3.59. The lowest BCUT2D eigenvalue weighted by Crippen LogP contribution is -2.53. The van der Waals surface area contributed by atoms with E-state index in [9.17, 15) is 8.42 Å². The van der Waals surface area contributed by atoms with Gasteiger partial charge in [-0.2, -0.15) is 4.31 Å². The van der Waals surface area contributed by atoms with E-state index in [-0.39, 0.29) is 11.5 Å². The summed E-state index contributed by atoms with van der Waals surface area (Å²) in [6, 6.07) is 10.9. The predicted molar refractivity (Wildman–Crippen MR) is 100 cm³/mol. The van der Waals surface area contributed by atoms with Crippen LogP contribution in [-0.4, -0.2) is 38.5 Å². The standard InChI is InChI=1S/C19H26N2O3S/c1-4-24-16-9-10-17(15-8-6-5-7-14(15)16)25(22,23)21-12-11-18(20)19(2,3)13-21/h5-10,18H,4,11-13,20H2,1-3H3. The second-order valence-electron chi connectivity index (χ2n) is 7.26. The van der Waals surface area contributed by atoms with Crippen molar-refractivity contribution in [3.63, 3.8) is 0 Å². The smallest absolute Gasteiger partial charge is 0.243 e. The summed E-state index contributed by atoms with van der Waals surface area (Å²) in [6.45, 7) is 7.38. The van der Waals surface area contributed by atoms with E-state index < -0.39 is 10.0 Å². The maximum absolute atomic E-state index is 13.3. The van der Waals surface area contributed by atoms with Crippen LogP contribution in [-0.2, 0) is 10.0 Å². The molecular formula is C19H26N2O3S. The Hall–Kier alpha value is -1.63. The van der Waals surface area contributed by atoms with Gasteiger partial charge in [-0.15, -0.1) is 0 Å². The lowest BCUT2D eigenvalue weighted by molar-refractivity contribution is 0.155. The molecule has 6 heteroatoms. The van der Waals surface area contributed by atoms with Crippen molar-refractivity contribution >= 4 is 20.8 Å². The number of rotatable bonds is 4. The first-order valence-electron chi connectivity index (χ1n) is 8.67. The third-order valence-electron chi connectivity index (χ3n) is 5.04. The van der Waals surface area contributed by atoms with Crippen LogP contribution in [0.25, 0.3) is 10.8 Å². The number of sulfonamides is 1. The maximum Gasteiger partial charge on any atom is 0.243 e. The second kappa shape index (κ2) is 6.59. The Kier molecular flexibility index (Phi) is 4.79. The Labute approximate surface area is 149 Å². The predicted octanol–water partition coefficient (Wildman–Crippen LogP) is 2.99. The van der Waals surface area contributed by atoms with Crippen LogP contribution in [0.3, 0.4) is 0 Å². The summed E-state index contributed by atoms with van der Waals surface area (Å²) in [4.78, 5) is 0.331. The summed E-state index contributed by atoms with van der Waals surface area (Å²) in [5.41, 5.74) is 5.92. The number of piperidine rings is 1. The quantitative estimate of drug-likeness (QED) is 0.907. The van der Waals surface area contributed by atoms with E-state index >= 15 is 0 Å². The minimum atomic E-state index is -3.59. The molecule has 3 rings (SSSR count).